The number of hydrogen-bond donors (Lipinski definition) is 3. The Morgan fingerprint density at radius 1 is 1.27 bits per heavy atom. The van der Waals surface area contributed by atoms with Gasteiger partial charge in [0.25, 0.3) is 5.91 Å². The third-order valence-corrected chi connectivity index (χ3v) is 3.53. The molecule has 0 fully saturated rings. The molecule has 5 nitrogen and oxygen atoms in total. The minimum Gasteiger partial charge on any atom is -0.491 e. The second-order valence-electron chi connectivity index (χ2n) is 4.87. The number of nitrogens with one attached hydrogen (secondary N) is 3. The summed E-state index contributed by atoms with van der Waals surface area (Å²) < 4.78 is 5.53. The Morgan fingerprint density at radius 2 is 1.95 bits per heavy atom. The predicted molar refractivity (Wildman–Crippen MR) is 96.4 cm³/mol. The van der Waals surface area contributed by atoms with E-state index < -0.39 is 0 Å². The molecule has 0 saturated heterocycles. The van der Waals surface area contributed by atoms with Crippen molar-refractivity contribution in [3.63, 3.8) is 0 Å². The molecule has 0 unspecified atom stereocenters. The van der Waals surface area contributed by atoms with Gasteiger partial charge in [0.15, 0.2) is 5.11 Å². The van der Waals surface area contributed by atoms with Gasteiger partial charge >= 0.3 is 0 Å². The number of thioether (sulfide) groups is 1. The van der Waals surface area contributed by atoms with Gasteiger partial charge in [-0.1, -0.05) is 0 Å². The number of thiocarbonyl (C=S) groups is 1. The highest BCUT2D eigenvalue weighted by molar-refractivity contribution is 7.98. The number of ether oxygens (including phenoxy) is 1. The van der Waals surface area contributed by atoms with Crippen molar-refractivity contribution in [3.05, 3.63) is 29.8 Å². The zero-order valence-electron chi connectivity index (χ0n) is 13.1. The van der Waals surface area contributed by atoms with E-state index in [-0.39, 0.29) is 12.0 Å². The molecule has 22 heavy (non-hydrogen) atoms. The van der Waals surface area contributed by atoms with Gasteiger partial charge in [0.1, 0.15) is 5.75 Å². The topological polar surface area (TPSA) is 62.4 Å². The van der Waals surface area contributed by atoms with Gasteiger partial charge in [-0.3, -0.25) is 15.6 Å². The highest BCUT2D eigenvalue weighted by Gasteiger charge is 2.06. The molecule has 122 valence electrons. The average Bonchev–Trinajstić information content (AvgIpc) is 2.49. The van der Waals surface area contributed by atoms with Crippen LogP contribution in [0.1, 0.15) is 30.6 Å². The van der Waals surface area contributed by atoms with Crippen molar-refractivity contribution in [2.75, 3.05) is 18.6 Å². The summed E-state index contributed by atoms with van der Waals surface area (Å²) in [5.74, 6) is 1.57. The van der Waals surface area contributed by atoms with Crippen LogP contribution in [-0.4, -0.2) is 35.7 Å². The molecule has 0 aliphatic rings. The second kappa shape index (κ2) is 10.3. The predicted octanol–water partition coefficient (Wildman–Crippen LogP) is 2.34. The van der Waals surface area contributed by atoms with Gasteiger partial charge in [-0.2, -0.15) is 11.8 Å². The Kier molecular flexibility index (Phi) is 8.69. The van der Waals surface area contributed by atoms with E-state index in [2.05, 4.69) is 22.4 Å². The number of carbonyl (C=O) groups excluding carboxylic acids is 1. The lowest BCUT2D eigenvalue weighted by atomic mass is 10.2. The van der Waals surface area contributed by atoms with Crippen molar-refractivity contribution in [3.8, 4) is 5.75 Å². The fraction of sp³-hybridized carbons (Fsp3) is 0.467. The first kappa shape index (κ1) is 18.6. The summed E-state index contributed by atoms with van der Waals surface area (Å²) in [6, 6.07) is 6.97. The van der Waals surface area contributed by atoms with Crippen LogP contribution < -0.4 is 20.9 Å². The number of hydrazine groups is 1. The van der Waals surface area contributed by atoms with Gasteiger partial charge in [-0.05, 0) is 68.8 Å². The molecule has 0 bridgehead atoms. The van der Waals surface area contributed by atoms with Crippen LogP contribution in [0.15, 0.2) is 24.3 Å². The van der Waals surface area contributed by atoms with E-state index in [0.29, 0.717) is 10.7 Å². The quantitative estimate of drug-likeness (QED) is 0.402. The van der Waals surface area contributed by atoms with Gasteiger partial charge in [-0.15, -0.1) is 0 Å². The molecule has 1 rings (SSSR count). The van der Waals surface area contributed by atoms with Crippen LogP contribution in [0.2, 0.25) is 0 Å². The van der Waals surface area contributed by atoms with E-state index in [1.165, 1.54) is 0 Å². The van der Waals surface area contributed by atoms with Crippen molar-refractivity contribution in [2.45, 2.75) is 26.4 Å². The molecule has 7 heteroatoms. The Labute approximate surface area is 141 Å². The molecule has 1 amide bonds. The fourth-order valence-corrected chi connectivity index (χ4v) is 2.19. The fourth-order valence-electron chi connectivity index (χ4n) is 1.61. The monoisotopic (exact) mass is 341 g/mol. The molecule has 0 aliphatic heterocycles. The van der Waals surface area contributed by atoms with E-state index in [1.807, 2.05) is 13.8 Å². The normalized spacial score (nSPS) is 10.2. The third-order valence-electron chi connectivity index (χ3n) is 2.59. The summed E-state index contributed by atoms with van der Waals surface area (Å²) in [6.07, 6.45) is 3.19. The Morgan fingerprint density at radius 3 is 2.55 bits per heavy atom. The molecule has 1 aromatic carbocycles. The second-order valence-corrected chi connectivity index (χ2v) is 6.27. The SMILES string of the molecule is CSCCCNC(=S)NNC(=O)c1ccc(OC(C)C)cc1. The maximum Gasteiger partial charge on any atom is 0.269 e. The van der Waals surface area contributed by atoms with E-state index in [9.17, 15) is 4.79 Å². The summed E-state index contributed by atoms with van der Waals surface area (Å²) in [5.41, 5.74) is 5.78. The molecule has 0 heterocycles. The summed E-state index contributed by atoms with van der Waals surface area (Å²) in [6.45, 7) is 4.69. The third kappa shape index (κ3) is 7.51. The molecular weight excluding hydrogens is 318 g/mol. The smallest absolute Gasteiger partial charge is 0.269 e. The van der Waals surface area contributed by atoms with Gasteiger partial charge in [-0.25, -0.2) is 0 Å². The van der Waals surface area contributed by atoms with Crippen LogP contribution >= 0.6 is 24.0 Å². The van der Waals surface area contributed by atoms with Crippen molar-refractivity contribution in [1.29, 1.82) is 0 Å². The van der Waals surface area contributed by atoms with Crippen molar-refractivity contribution < 1.29 is 9.53 Å². The standard InChI is InChI=1S/C15H23N3O2S2/c1-11(2)20-13-7-5-12(6-8-13)14(19)17-18-15(21)16-9-4-10-22-3/h5-8,11H,4,9-10H2,1-3H3,(H,17,19)(H2,16,18,21). The van der Waals surface area contributed by atoms with Crippen molar-refractivity contribution in [2.24, 2.45) is 0 Å². The number of benzene rings is 1. The molecule has 0 atom stereocenters. The van der Waals surface area contributed by atoms with Crippen LogP contribution in [0.25, 0.3) is 0 Å². The van der Waals surface area contributed by atoms with Gasteiger partial charge in [0.05, 0.1) is 6.10 Å². The first-order valence-electron chi connectivity index (χ1n) is 7.12. The number of rotatable bonds is 7. The van der Waals surface area contributed by atoms with E-state index in [0.717, 1.165) is 24.5 Å². The van der Waals surface area contributed by atoms with Crippen molar-refractivity contribution >= 4 is 35.0 Å². The Balaban J connectivity index is 2.34. The van der Waals surface area contributed by atoms with Crippen LogP contribution in [-0.2, 0) is 0 Å². The molecule has 0 aromatic heterocycles. The van der Waals surface area contributed by atoms with Crippen molar-refractivity contribution in [1.82, 2.24) is 16.2 Å². The summed E-state index contributed by atoms with van der Waals surface area (Å²) in [4.78, 5) is 12.0. The maximum atomic E-state index is 12.0. The zero-order valence-corrected chi connectivity index (χ0v) is 14.8. The summed E-state index contributed by atoms with van der Waals surface area (Å²) >= 11 is 6.87. The lowest BCUT2D eigenvalue weighted by Crippen LogP contribution is -2.47. The van der Waals surface area contributed by atoms with E-state index in [4.69, 9.17) is 17.0 Å². The average molecular weight is 342 g/mol. The number of hydrogen-bond acceptors (Lipinski definition) is 4. The van der Waals surface area contributed by atoms with Gasteiger partial charge < -0.3 is 10.1 Å². The van der Waals surface area contributed by atoms with Crippen LogP contribution in [0, 0.1) is 0 Å². The highest BCUT2D eigenvalue weighted by atomic mass is 32.2. The molecule has 0 saturated carbocycles. The maximum absolute atomic E-state index is 12.0. The largest absolute Gasteiger partial charge is 0.491 e. The van der Waals surface area contributed by atoms with E-state index >= 15 is 0 Å². The van der Waals surface area contributed by atoms with Gasteiger partial charge in [0, 0.05) is 12.1 Å². The number of amides is 1. The van der Waals surface area contributed by atoms with E-state index in [1.54, 1.807) is 36.0 Å². The lowest BCUT2D eigenvalue weighted by molar-refractivity contribution is 0.0943. The molecule has 0 aliphatic carbocycles. The lowest BCUT2D eigenvalue weighted by Gasteiger charge is -2.12. The Bertz CT molecular complexity index is 478. The summed E-state index contributed by atoms with van der Waals surface area (Å²) in [5, 5.41) is 3.44. The van der Waals surface area contributed by atoms with Crippen LogP contribution in [0.4, 0.5) is 0 Å². The van der Waals surface area contributed by atoms with Gasteiger partial charge in [0.2, 0.25) is 0 Å². The first-order chi connectivity index (χ1) is 10.5. The summed E-state index contributed by atoms with van der Waals surface area (Å²) in [7, 11) is 0. The molecule has 3 N–H and O–H groups in total. The molecule has 0 spiro atoms. The highest BCUT2D eigenvalue weighted by Crippen LogP contribution is 2.13. The molecule has 0 radical (unpaired) electrons. The Hall–Kier alpha value is -1.47. The molecular formula is C15H23N3O2S2. The molecule has 1 aromatic rings. The minimum atomic E-state index is -0.246. The minimum absolute atomic E-state index is 0.107. The van der Waals surface area contributed by atoms with Crippen LogP contribution in [0.5, 0.6) is 5.75 Å². The first-order valence-corrected chi connectivity index (χ1v) is 8.93. The van der Waals surface area contributed by atoms with Crippen LogP contribution in [0.3, 0.4) is 0 Å². The number of carbonyl (C=O) groups is 1. The zero-order chi connectivity index (χ0) is 16.4.